The lowest BCUT2D eigenvalue weighted by molar-refractivity contribution is 0.479. The number of halogens is 1. The number of hydrogen-bond acceptors (Lipinski definition) is 3. The number of allylic oxidation sites excluding steroid dienone is 1. The smallest absolute Gasteiger partial charge is 0.104 e. The van der Waals surface area contributed by atoms with E-state index in [-0.39, 0.29) is 0 Å². The fraction of sp³-hybridized carbons (Fsp3) is 0.333. The van der Waals surface area contributed by atoms with Crippen LogP contribution >= 0.6 is 11.6 Å². The van der Waals surface area contributed by atoms with E-state index in [9.17, 15) is 0 Å². The van der Waals surface area contributed by atoms with Gasteiger partial charge in [-0.1, -0.05) is 23.7 Å². The highest BCUT2D eigenvalue weighted by molar-refractivity contribution is 6.32. The summed E-state index contributed by atoms with van der Waals surface area (Å²) in [5, 5.41) is 8.79. The lowest BCUT2D eigenvalue weighted by Crippen LogP contribution is -2.09. The molecule has 1 fully saturated rings. The van der Waals surface area contributed by atoms with E-state index in [4.69, 9.17) is 11.6 Å². The van der Waals surface area contributed by atoms with Gasteiger partial charge in [0.15, 0.2) is 0 Å². The minimum Gasteiger partial charge on any atom is -0.377 e. The summed E-state index contributed by atoms with van der Waals surface area (Å²) >= 11 is 5.96. The molecular formula is C12H14ClN3. The van der Waals surface area contributed by atoms with Gasteiger partial charge in [-0.3, -0.25) is 0 Å². The van der Waals surface area contributed by atoms with Gasteiger partial charge in [-0.2, -0.15) is 5.11 Å². The summed E-state index contributed by atoms with van der Waals surface area (Å²) in [6.45, 7) is 1.10. The van der Waals surface area contributed by atoms with Gasteiger partial charge in [0.2, 0.25) is 0 Å². The summed E-state index contributed by atoms with van der Waals surface area (Å²) in [5.41, 5.74) is 1.94. The molecule has 0 unspecified atom stereocenters. The zero-order valence-electron chi connectivity index (χ0n) is 9.23. The molecule has 1 aliphatic rings. The Bertz CT molecular complexity index is 426. The Kier molecular flexibility index (Phi) is 3.57. The molecule has 0 amide bonds. The zero-order valence-corrected chi connectivity index (χ0v) is 9.98. The molecule has 0 N–H and O–H groups in total. The predicted octanol–water partition coefficient (Wildman–Crippen LogP) is 3.99. The van der Waals surface area contributed by atoms with E-state index in [0.717, 1.165) is 13.0 Å². The van der Waals surface area contributed by atoms with Crippen LogP contribution < -0.4 is 0 Å². The molecule has 16 heavy (non-hydrogen) atoms. The molecule has 2 rings (SSSR count). The van der Waals surface area contributed by atoms with Crippen molar-refractivity contribution >= 4 is 17.3 Å². The molecule has 1 aromatic rings. The van der Waals surface area contributed by atoms with Crippen LogP contribution in [0.2, 0.25) is 5.02 Å². The number of likely N-dealkylation sites (tertiary alicyclic amines) is 1. The van der Waals surface area contributed by atoms with E-state index in [1.807, 2.05) is 30.5 Å². The second-order valence-electron chi connectivity index (χ2n) is 3.81. The second kappa shape index (κ2) is 5.12. The standard InChI is InChI=1S/C12H14ClN3/c1-16-8-4-5-10(16)9-14-15-12-7-3-2-6-11(12)13/h2-3,6-7,9H,4-5,8H2,1H3/b10-9-,15-14?. The second-order valence-corrected chi connectivity index (χ2v) is 4.22. The van der Waals surface area contributed by atoms with Crippen molar-refractivity contribution in [1.82, 2.24) is 4.90 Å². The first kappa shape index (κ1) is 11.1. The third-order valence-corrected chi connectivity index (χ3v) is 2.96. The maximum atomic E-state index is 5.96. The van der Waals surface area contributed by atoms with Crippen molar-refractivity contribution in [3.8, 4) is 0 Å². The Morgan fingerprint density at radius 3 is 2.88 bits per heavy atom. The van der Waals surface area contributed by atoms with Crippen molar-refractivity contribution in [3.63, 3.8) is 0 Å². The number of hydrogen-bond donors (Lipinski definition) is 0. The Morgan fingerprint density at radius 1 is 1.38 bits per heavy atom. The lowest BCUT2D eigenvalue weighted by atomic mass is 10.3. The van der Waals surface area contributed by atoms with Crippen LogP contribution in [0.1, 0.15) is 12.8 Å². The van der Waals surface area contributed by atoms with E-state index >= 15 is 0 Å². The van der Waals surface area contributed by atoms with Crippen molar-refractivity contribution in [1.29, 1.82) is 0 Å². The maximum Gasteiger partial charge on any atom is 0.104 e. The zero-order chi connectivity index (χ0) is 11.4. The SMILES string of the molecule is CN1CCC/C1=C/N=Nc1ccccc1Cl. The molecule has 0 radical (unpaired) electrons. The summed E-state index contributed by atoms with van der Waals surface area (Å²) in [4.78, 5) is 2.20. The highest BCUT2D eigenvalue weighted by Crippen LogP contribution is 2.24. The molecule has 1 aliphatic heterocycles. The minimum absolute atomic E-state index is 0.629. The number of azo groups is 1. The molecule has 1 saturated heterocycles. The van der Waals surface area contributed by atoms with E-state index < -0.39 is 0 Å². The van der Waals surface area contributed by atoms with Gasteiger partial charge in [-0.15, -0.1) is 5.11 Å². The highest BCUT2D eigenvalue weighted by Gasteiger charge is 2.11. The van der Waals surface area contributed by atoms with Crippen molar-refractivity contribution in [2.24, 2.45) is 10.2 Å². The number of rotatable bonds is 2. The Hall–Kier alpha value is -1.35. The molecule has 0 aliphatic carbocycles. The summed E-state index contributed by atoms with van der Waals surface area (Å²) in [7, 11) is 2.07. The molecule has 1 aromatic carbocycles. The average molecular weight is 236 g/mol. The first-order chi connectivity index (χ1) is 7.77. The van der Waals surface area contributed by atoms with Crippen LogP contribution in [0, 0.1) is 0 Å². The summed E-state index contributed by atoms with van der Waals surface area (Å²) in [5.74, 6) is 0. The molecular weight excluding hydrogens is 222 g/mol. The van der Waals surface area contributed by atoms with Gasteiger partial charge in [0.25, 0.3) is 0 Å². The summed E-state index contributed by atoms with van der Waals surface area (Å²) in [6, 6.07) is 7.44. The first-order valence-electron chi connectivity index (χ1n) is 5.33. The van der Waals surface area contributed by atoms with E-state index in [2.05, 4.69) is 22.2 Å². The molecule has 84 valence electrons. The van der Waals surface area contributed by atoms with Gasteiger partial charge in [-0.25, -0.2) is 0 Å². The maximum absolute atomic E-state index is 5.96. The van der Waals surface area contributed by atoms with E-state index in [1.165, 1.54) is 12.1 Å². The molecule has 0 aromatic heterocycles. The Balaban J connectivity index is 2.08. The van der Waals surface area contributed by atoms with E-state index in [0.29, 0.717) is 10.7 Å². The molecule has 3 nitrogen and oxygen atoms in total. The van der Waals surface area contributed by atoms with Gasteiger partial charge in [0.05, 0.1) is 11.2 Å². The average Bonchev–Trinajstić information content (AvgIpc) is 2.67. The van der Waals surface area contributed by atoms with Crippen LogP contribution in [0.5, 0.6) is 0 Å². The van der Waals surface area contributed by atoms with Gasteiger partial charge in [0.1, 0.15) is 5.69 Å². The van der Waals surface area contributed by atoms with Crippen molar-refractivity contribution in [3.05, 3.63) is 41.2 Å². The Morgan fingerprint density at radius 2 is 2.19 bits per heavy atom. The normalized spacial score (nSPS) is 18.9. The number of benzene rings is 1. The summed E-state index contributed by atoms with van der Waals surface area (Å²) < 4.78 is 0. The molecule has 1 heterocycles. The Labute approximate surface area is 100 Å². The van der Waals surface area contributed by atoms with Crippen LogP contribution in [-0.4, -0.2) is 18.5 Å². The van der Waals surface area contributed by atoms with Gasteiger partial charge < -0.3 is 4.90 Å². The van der Waals surface area contributed by atoms with Crippen molar-refractivity contribution in [2.75, 3.05) is 13.6 Å². The number of nitrogens with zero attached hydrogens (tertiary/aromatic N) is 3. The highest BCUT2D eigenvalue weighted by atomic mass is 35.5. The third kappa shape index (κ3) is 2.61. The molecule has 4 heteroatoms. The van der Waals surface area contributed by atoms with Crippen molar-refractivity contribution in [2.45, 2.75) is 12.8 Å². The van der Waals surface area contributed by atoms with Gasteiger partial charge in [-0.05, 0) is 25.0 Å². The van der Waals surface area contributed by atoms with Crippen LogP contribution in [0.3, 0.4) is 0 Å². The fourth-order valence-electron chi connectivity index (χ4n) is 1.69. The lowest BCUT2D eigenvalue weighted by Gasteiger charge is -2.10. The van der Waals surface area contributed by atoms with Gasteiger partial charge >= 0.3 is 0 Å². The quantitative estimate of drug-likeness (QED) is 0.713. The van der Waals surface area contributed by atoms with Crippen LogP contribution in [0.15, 0.2) is 46.4 Å². The largest absolute Gasteiger partial charge is 0.377 e. The fourth-order valence-corrected chi connectivity index (χ4v) is 1.86. The third-order valence-electron chi connectivity index (χ3n) is 2.64. The summed E-state index contributed by atoms with van der Waals surface area (Å²) in [6.07, 6.45) is 4.10. The monoisotopic (exact) mass is 235 g/mol. The van der Waals surface area contributed by atoms with Crippen molar-refractivity contribution < 1.29 is 0 Å². The molecule has 0 bridgehead atoms. The first-order valence-corrected chi connectivity index (χ1v) is 5.71. The van der Waals surface area contributed by atoms with Crippen LogP contribution in [-0.2, 0) is 0 Å². The molecule has 0 atom stereocenters. The van der Waals surface area contributed by atoms with Gasteiger partial charge in [0, 0.05) is 19.3 Å². The predicted molar refractivity (Wildman–Crippen MR) is 65.9 cm³/mol. The van der Waals surface area contributed by atoms with Crippen LogP contribution in [0.4, 0.5) is 5.69 Å². The molecule has 0 spiro atoms. The molecule has 0 saturated carbocycles. The van der Waals surface area contributed by atoms with E-state index in [1.54, 1.807) is 0 Å². The topological polar surface area (TPSA) is 28.0 Å². The minimum atomic E-state index is 0.629. The van der Waals surface area contributed by atoms with Crippen LogP contribution in [0.25, 0.3) is 0 Å².